The van der Waals surface area contributed by atoms with E-state index < -0.39 is 0 Å². The van der Waals surface area contributed by atoms with E-state index in [0.717, 1.165) is 36.5 Å². The molecule has 0 aliphatic heterocycles. The number of fused-ring (bicyclic) bond motifs is 2. The van der Waals surface area contributed by atoms with Gasteiger partial charge in [0.15, 0.2) is 0 Å². The van der Waals surface area contributed by atoms with Crippen molar-refractivity contribution in [3.05, 3.63) is 12.2 Å². The van der Waals surface area contributed by atoms with Crippen LogP contribution in [0.1, 0.15) is 126 Å². The second-order valence-corrected chi connectivity index (χ2v) is 15.0. The minimum Gasteiger partial charge on any atom is -0.463 e. The summed E-state index contributed by atoms with van der Waals surface area (Å²) < 4.78 is 5.70. The third-order valence-electron chi connectivity index (χ3n) is 13.6. The normalized spacial score (nSPS) is 48.1. The summed E-state index contributed by atoms with van der Waals surface area (Å²) in [7, 11) is 0. The van der Waals surface area contributed by atoms with E-state index in [4.69, 9.17) is 4.74 Å². The van der Waals surface area contributed by atoms with E-state index in [1.54, 1.807) is 6.92 Å². The highest BCUT2D eigenvalue weighted by Gasteiger charge is 2.80. The van der Waals surface area contributed by atoms with Crippen molar-refractivity contribution in [3.63, 3.8) is 0 Å². The lowest BCUT2D eigenvalue weighted by Crippen LogP contribution is -2.55. The molecule has 2 heteroatoms. The van der Waals surface area contributed by atoms with E-state index in [9.17, 15) is 4.79 Å². The van der Waals surface area contributed by atoms with E-state index >= 15 is 0 Å². The molecule has 0 bridgehead atoms. The van der Waals surface area contributed by atoms with Crippen molar-refractivity contribution in [1.82, 2.24) is 0 Å². The molecule has 0 amide bonds. The second-order valence-electron chi connectivity index (χ2n) is 15.0. The first kappa shape index (κ1) is 24.9. The smallest absolute Gasteiger partial charge is 0.302 e. The van der Waals surface area contributed by atoms with Crippen LogP contribution in [-0.4, -0.2) is 12.1 Å². The summed E-state index contributed by atoms with van der Waals surface area (Å²) in [6, 6.07) is 0. The zero-order valence-electron chi connectivity index (χ0n) is 23.4. The summed E-state index contributed by atoms with van der Waals surface area (Å²) in [6.45, 7) is 20.9. The molecule has 2 nitrogen and oxygen atoms in total. The molecule has 34 heavy (non-hydrogen) atoms. The van der Waals surface area contributed by atoms with Gasteiger partial charge in [-0.25, -0.2) is 0 Å². The van der Waals surface area contributed by atoms with E-state index in [-0.39, 0.29) is 17.5 Å². The Labute approximate surface area is 210 Å². The highest BCUT2D eigenvalue weighted by Crippen LogP contribution is 2.87. The third-order valence-corrected chi connectivity index (χ3v) is 13.6. The Morgan fingerprint density at radius 3 is 2.41 bits per heavy atom. The van der Waals surface area contributed by atoms with Crippen LogP contribution in [-0.2, 0) is 9.53 Å². The van der Waals surface area contributed by atoms with Gasteiger partial charge in [-0.05, 0) is 135 Å². The molecule has 0 aromatic carbocycles. The molecular formula is C32H52O2. The van der Waals surface area contributed by atoms with Crippen LogP contribution >= 0.6 is 0 Å². The summed E-state index contributed by atoms with van der Waals surface area (Å²) in [4.78, 5) is 11.6. The van der Waals surface area contributed by atoms with Gasteiger partial charge in [-0.15, -0.1) is 0 Å². The number of carbonyl (C=O) groups is 1. The van der Waals surface area contributed by atoms with Crippen LogP contribution in [0, 0.1) is 50.7 Å². The molecule has 0 aromatic heterocycles. The first-order valence-electron chi connectivity index (χ1n) is 14.6. The fraction of sp³-hybridized carbons (Fsp3) is 0.906. The Morgan fingerprint density at radius 2 is 1.74 bits per heavy atom. The van der Waals surface area contributed by atoms with Crippen molar-refractivity contribution in [2.45, 2.75) is 132 Å². The quantitative estimate of drug-likeness (QED) is 0.288. The Balaban J connectivity index is 1.32. The summed E-state index contributed by atoms with van der Waals surface area (Å²) in [6.07, 6.45) is 16.5. The average Bonchev–Trinajstić information content (AvgIpc) is 3.34. The van der Waals surface area contributed by atoms with Gasteiger partial charge in [0.1, 0.15) is 6.10 Å². The number of rotatable bonds is 6. The van der Waals surface area contributed by atoms with Gasteiger partial charge in [0.05, 0.1) is 0 Å². The Morgan fingerprint density at radius 1 is 1.00 bits per heavy atom. The van der Waals surface area contributed by atoms with E-state index in [0.29, 0.717) is 21.7 Å². The predicted molar refractivity (Wildman–Crippen MR) is 140 cm³/mol. The van der Waals surface area contributed by atoms with Gasteiger partial charge in [-0.1, -0.05) is 46.8 Å². The summed E-state index contributed by atoms with van der Waals surface area (Å²) in [5.74, 6) is 3.32. The van der Waals surface area contributed by atoms with Crippen LogP contribution in [0.25, 0.3) is 0 Å². The van der Waals surface area contributed by atoms with Crippen LogP contribution in [0.3, 0.4) is 0 Å². The molecule has 2 spiro atoms. The maximum atomic E-state index is 11.6. The Hall–Kier alpha value is -0.790. The van der Waals surface area contributed by atoms with Gasteiger partial charge < -0.3 is 4.74 Å². The van der Waals surface area contributed by atoms with Gasteiger partial charge in [0.25, 0.3) is 0 Å². The third kappa shape index (κ3) is 3.28. The van der Waals surface area contributed by atoms with Gasteiger partial charge >= 0.3 is 5.97 Å². The van der Waals surface area contributed by atoms with Crippen LogP contribution in [0.5, 0.6) is 0 Å². The number of hydrogen-bond donors (Lipinski definition) is 0. The summed E-state index contributed by atoms with van der Waals surface area (Å²) in [5, 5.41) is 0. The van der Waals surface area contributed by atoms with E-state index in [2.05, 4.69) is 48.1 Å². The molecular weight excluding hydrogens is 416 g/mol. The maximum Gasteiger partial charge on any atom is 0.302 e. The van der Waals surface area contributed by atoms with Crippen LogP contribution in [0.15, 0.2) is 12.2 Å². The maximum absolute atomic E-state index is 11.6. The summed E-state index contributed by atoms with van der Waals surface area (Å²) in [5.41, 5.74) is 3.81. The highest BCUT2D eigenvalue weighted by molar-refractivity contribution is 5.66. The average molecular weight is 469 g/mol. The fourth-order valence-electron chi connectivity index (χ4n) is 10.9. The molecule has 192 valence electrons. The number of allylic oxidation sites excluding steroid dienone is 1. The Bertz CT molecular complexity index is 857. The molecule has 0 heterocycles. The molecule has 0 radical (unpaired) electrons. The van der Waals surface area contributed by atoms with Crippen molar-refractivity contribution in [1.29, 1.82) is 0 Å². The minimum atomic E-state index is -0.0844. The van der Waals surface area contributed by atoms with Crippen molar-refractivity contribution < 1.29 is 9.53 Å². The number of carbonyl (C=O) groups excluding carboxylic acids is 1. The molecule has 0 unspecified atom stereocenters. The molecule has 5 rings (SSSR count). The monoisotopic (exact) mass is 468 g/mol. The van der Waals surface area contributed by atoms with E-state index in [1.165, 1.54) is 69.8 Å². The summed E-state index contributed by atoms with van der Waals surface area (Å²) >= 11 is 0. The van der Waals surface area contributed by atoms with Gasteiger partial charge in [0.2, 0.25) is 0 Å². The number of esters is 1. The standard InChI is InChI=1S/C32H52O2/c1-21(2)28(5,6)14-11-22(3)26-13-15-30(8)27-10-9-24-19-25(34-23(4)33)12-16-31(24)20-32(27,31)18-17-29(26,30)7/h22,24-27H,1,9-20H2,2-8H3/t22-,24+,25+,26-,27+,29-,30+,31-,32+/m1/s1. The predicted octanol–water partition coefficient (Wildman–Crippen LogP) is 8.74. The molecule has 5 fully saturated rings. The van der Waals surface area contributed by atoms with Gasteiger partial charge in [-0.2, -0.15) is 0 Å². The SMILES string of the molecule is C=C(C)C(C)(C)CC[C@@H](C)[C@H]1CC[C@@]2(C)[C@@H]3CC[C@H]4C[C@@H](OC(C)=O)CC[C@@]45C[C@@]35CC[C@]12C. The molecule has 5 aliphatic carbocycles. The van der Waals surface area contributed by atoms with Crippen LogP contribution in [0.4, 0.5) is 0 Å². The number of ether oxygens (including phenoxy) is 1. The zero-order valence-corrected chi connectivity index (χ0v) is 23.4. The van der Waals surface area contributed by atoms with Crippen LogP contribution in [0.2, 0.25) is 0 Å². The molecule has 5 saturated carbocycles. The second kappa shape index (κ2) is 7.85. The molecule has 9 atom stereocenters. The largest absolute Gasteiger partial charge is 0.463 e. The highest BCUT2D eigenvalue weighted by atomic mass is 16.5. The van der Waals surface area contributed by atoms with Crippen molar-refractivity contribution in [2.24, 2.45) is 50.7 Å². The zero-order chi connectivity index (χ0) is 24.7. The van der Waals surface area contributed by atoms with Gasteiger partial charge in [0, 0.05) is 6.92 Å². The topological polar surface area (TPSA) is 26.3 Å². The van der Waals surface area contributed by atoms with Crippen molar-refractivity contribution in [2.75, 3.05) is 0 Å². The molecule has 0 aromatic rings. The minimum absolute atomic E-state index is 0.0844. The van der Waals surface area contributed by atoms with Gasteiger partial charge in [-0.3, -0.25) is 4.79 Å². The molecule has 0 N–H and O–H groups in total. The van der Waals surface area contributed by atoms with Crippen molar-refractivity contribution >= 4 is 5.97 Å². The first-order valence-corrected chi connectivity index (χ1v) is 14.6. The van der Waals surface area contributed by atoms with E-state index in [1.807, 2.05) is 0 Å². The fourth-order valence-corrected chi connectivity index (χ4v) is 10.9. The number of hydrogen-bond acceptors (Lipinski definition) is 2. The lowest BCUT2D eigenvalue weighted by Gasteiger charge is -2.61. The molecule has 0 saturated heterocycles. The lowest BCUT2D eigenvalue weighted by atomic mass is 9.43. The lowest BCUT2D eigenvalue weighted by molar-refractivity contribution is -0.156. The Kier molecular flexibility index (Phi) is 5.75. The first-order chi connectivity index (χ1) is 15.8. The van der Waals surface area contributed by atoms with Crippen LogP contribution < -0.4 is 0 Å². The van der Waals surface area contributed by atoms with Crippen molar-refractivity contribution in [3.8, 4) is 0 Å². The molecule has 5 aliphatic rings.